The van der Waals surface area contributed by atoms with Crippen molar-refractivity contribution in [2.75, 3.05) is 7.05 Å². The number of nitro benzene ring substituents is 1. The highest BCUT2D eigenvalue weighted by atomic mass is 32.2. The summed E-state index contributed by atoms with van der Waals surface area (Å²) >= 11 is 1.07. The Morgan fingerprint density at radius 3 is 2.69 bits per heavy atom. The number of hydrogen-bond acceptors (Lipinski definition) is 7. The molecule has 1 amide bonds. The maximum Gasteiger partial charge on any atom is 0.270 e. The molecule has 8 nitrogen and oxygen atoms in total. The van der Waals surface area contributed by atoms with E-state index in [1.54, 1.807) is 19.2 Å². The van der Waals surface area contributed by atoms with E-state index in [0.717, 1.165) is 11.8 Å². The molecular weight excluding hydrogens is 358 g/mol. The molecule has 9 heteroatoms. The first-order chi connectivity index (χ1) is 12.3. The fraction of sp³-hybridized carbons (Fsp3) is 0.0588. The number of non-ortho nitro benzene ring substituents is 1. The van der Waals surface area contributed by atoms with Gasteiger partial charge in [0.1, 0.15) is 11.5 Å². The molecule has 1 aliphatic heterocycles. The molecule has 0 spiro atoms. The van der Waals surface area contributed by atoms with Gasteiger partial charge in [-0.25, -0.2) is 4.99 Å². The van der Waals surface area contributed by atoms with Crippen LogP contribution in [-0.4, -0.2) is 38.2 Å². The summed E-state index contributed by atoms with van der Waals surface area (Å²) in [6, 6.07) is 9.87. The number of thioether (sulfide) groups is 1. The fourth-order valence-corrected chi connectivity index (χ4v) is 3.21. The highest BCUT2D eigenvalue weighted by Crippen LogP contribution is 2.35. The molecule has 2 aromatic carbocycles. The summed E-state index contributed by atoms with van der Waals surface area (Å²) in [6.07, 6.45) is 1.39. The van der Waals surface area contributed by atoms with Gasteiger partial charge in [-0.2, -0.15) is 0 Å². The normalized spacial score (nSPS) is 17.3. The van der Waals surface area contributed by atoms with Crippen LogP contribution in [0, 0.1) is 10.1 Å². The minimum absolute atomic E-state index is 0.0566. The van der Waals surface area contributed by atoms with E-state index in [0.29, 0.717) is 10.9 Å². The maximum absolute atomic E-state index is 12.4. The van der Waals surface area contributed by atoms with Crippen LogP contribution in [0.25, 0.3) is 6.08 Å². The third-order valence-electron chi connectivity index (χ3n) is 3.57. The number of amidine groups is 1. The molecule has 1 saturated heterocycles. The lowest BCUT2D eigenvalue weighted by atomic mass is 10.1. The Labute approximate surface area is 152 Å². The Hall–Kier alpha value is -3.33. The standard InChI is InChI=1S/C17H13N3O5S/c1-19-16(23)15(8-10-7-12(20(24)25)5-6-14(10)22)26-17(19)18-11-3-2-4-13(21)9-11/h2-9,21-22H,1H3/b15-8-,18-17?. The van der Waals surface area contributed by atoms with Gasteiger partial charge in [0.05, 0.1) is 15.5 Å². The summed E-state index contributed by atoms with van der Waals surface area (Å²) in [4.78, 5) is 28.6. The lowest BCUT2D eigenvalue weighted by molar-refractivity contribution is -0.384. The van der Waals surface area contributed by atoms with Crippen LogP contribution in [0.3, 0.4) is 0 Å². The van der Waals surface area contributed by atoms with E-state index < -0.39 is 4.92 Å². The number of nitrogens with zero attached hydrogens (tertiary/aromatic N) is 3. The van der Waals surface area contributed by atoms with Crippen LogP contribution in [-0.2, 0) is 4.79 Å². The maximum atomic E-state index is 12.4. The average molecular weight is 371 g/mol. The molecule has 26 heavy (non-hydrogen) atoms. The molecule has 0 aromatic heterocycles. The van der Waals surface area contributed by atoms with Gasteiger partial charge in [0, 0.05) is 30.8 Å². The number of amides is 1. The molecule has 0 bridgehead atoms. The second-order valence-electron chi connectivity index (χ2n) is 5.39. The first kappa shape index (κ1) is 17.5. The first-order valence-corrected chi connectivity index (χ1v) is 8.19. The van der Waals surface area contributed by atoms with Crippen LogP contribution < -0.4 is 0 Å². The number of carbonyl (C=O) groups is 1. The van der Waals surface area contributed by atoms with Gasteiger partial charge >= 0.3 is 0 Å². The predicted octanol–water partition coefficient (Wildman–Crippen LogP) is 3.24. The van der Waals surface area contributed by atoms with Crippen LogP contribution in [0.1, 0.15) is 5.56 Å². The number of likely N-dealkylation sites (N-methyl/N-ethyl adjacent to an activating group) is 1. The number of nitro groups is 1. The van der Waals surface area contributed by atoms with Gasteiger partial charge in [-0.05, 0) is 36.0 Å². The molecular formula is C17H13N3O5S. The minimum Gasteiger partial charge on any atom is -0.508 e. The summed E-state index contributed by atoms with van der Waals surface area (Å²) in [5, 5.41) is 30.7. The smallest absolute Gasteiger partial charge is 0.270 e. The average Bonchev–Trinajstić information content (AvgIpc) is 2.85. The van der Waals surface area contributed by atoms with Crippen molar-refractivity contribution in [3.63, 3.8) is 0 Å². The van der Waals surface area contributed by atoms with E-state index >= 15 is 0 Å². The second-order valence-corrected chi connectivity index (χ2v) is 6.40. The SMILES string of the molecule is CN1C(=O)/C(=C/c2cc([N+](=O)[O-])ccc2O)SC1=Nc1cccc(O)c1. The molecule has 0 unspecified atom stereocenters. The van der Waals surface area contributed by atoms with Crippen molar-refractivity contribution in [1.29, 1.82) is 0 Å². The van der Waals surface area contributed by atoms with Gasteiger partial charge in [-0.1, -0.05) is 6.07 Å². The van der Waals surface area contributed by atoms with Crippen molar-refractivity contribution in [1.82, 2.24) is 4.90 Å². The molecule has 0 saturated carbocycles. The number of aromatic hydroxyl groups is 2. The number of rotatable bonds is 3. The number of benzene rings is 2. The summed E-state index contributed by atoms with van der Waals surface area (Å²) < 4.78 is 0. The number of hydrogen-bond donors (Lipinski definition) is 2. The van der Waals surface area contributed by atoms with Gasteiger partial charge in [0.15, 0.2) is 5.17 Å². The van der Waals surface area contributed by atoms with E-state index in [1.165, 1.54) is 41.3 Å². The highest BCUT2D eigenvalue weighted by molar-refractivity contribution is 8.18. The molecule has 0 atom stereocenters. The fourth-order valence-electron chi connectivity index (χ4n) is 2.24. The van der Waals surface area contributed by atoms with E-state index in [-0.39, 0.29) is 33.6 Å². The Morgan fingerprint density at radius 2 is 2.00 bits per heavy atom. The lowest BCUT2D eigenvalue weighted by Crippen LogP contribution is -2.23. The largest absolute Gasteiger partial charge is 0.508 e. The molecule has 1 aliphatic rings. The molecule has 0 aliphatic carbocycles. The van der Waals surface area contributed by atoms with Gasteiger partial charge in [0.2, 0.25) is 0 Å². The number of phenolic OH excluding ortho intramolecular Hbond substituents is 2. The quantitative estimate of drug-likeness (QED) is 0.486. The highest BCUT2D eigenvalue weighted by Gasteiger charge is 2.30. The zero-order valence-electron chi connectivity index (χ0n) is 13.5. The molecule has 2 aromatic rings. The number of aliphatic imine (C=N–C) groups is 1. The summed E-state index contributed by atoms with van der Waals surface area (Å²) in [5.41, 5.74) is 0.459. The monoisotopic (exact) mass is 371 g/mol. The van der Waals surface area contributed by atoms with E-state index in [4.69, 9.17) is 0 Å². The number of carbonyl (C=O) groups excluding carboxylic acids is 1. The molecule has 1 fully saturated rings. The molecule has 1 heterocycles. The summed E-state index contributed by atoms with van der Waals surface area (Å²) in [7, 11) is 1.55. The van der Waals surface area contributed by atoms with Gasteiger partial charge < -0.3 is 10.2 Å². The number of phenols is 2. The van der Waals surface area contributed by atoms with Crippen molar-refractivity contribution in [2.45, 2.75) is 0 Å². The van der Waals surface area contributed by atoms with Crippen LogP contribution in [0.5, 0.6) is 11.5 Å². The zero-order valence-corrected chi connectivity index (χ0v) is 14.3. The van der Waals surface area contributed by atoms with Gasteiger partial charge in [-0.3, -0.25) is 19.8 Å². The molecule has 2 N–H and O–H groups in total. The third-order valence-corrected chi connectivity index (χ3v) is 4.63. The topological polar surface area (TPSA) is 116 Å². The predicted molar refractivity (Wildman–Crippen MR) is 98.3 cm³/mol. The Kier molecular flexibility index (Phi) is 4.63. The van der Waals surface area contributed by atoms with E-state index in [1.807, 2.05) is 0 Å². The summed E-state index contributed by atoms with van der Waals surface area (Å²) in [5.74, 6) is -0.460. The van der Waals surface area contributed by atoms with Crippen LogP contribution in [0.4, 0.5) is 11.4 Å². The third kappa shape index (κ3) is 3.52. The minimum atomic E-state index is -0.577. The van der Waals surface area contributed by atoms with Crippen molar-refractivity contribution in [2.24, 2.45) is 4.99 Å². The second kappa shape index (κ2) is 6.89. The van der Waals surface area contributed by atoms with Crippen molar-refractivity contribution in [3.05, 3.63) is 63.0 Å². The first-order valence-electron chi connectivity index (χ1n) is 7.38. The van der Waals surface area contributed by atoms with Crippen molar-refractivity contribution >= 4 is 40.3 Å². The van der Waals surface area contributed by atoms with Gasteiger partial charge in [0.25, 0.3) is 11.6 Å². The van der Waals surface area contributed by atoms with Gasteiger partial charge in [-0.15, -0.1) is 0 Å². The van der Waals surface area contributed by atoms with Crippen LogP contribution in [0.2, 0.25) is 0 Å². The molecule has 3 rings (SSSR count). The lowest BCUT2D eigenvalue weighted by Gasteiger charge is -2.07. The van der Waals surface area contributed by atoms with E-state index in [2.05, 4.69) is 4.99 Å². The molecule has 132 valence electrons. The van der Waals surface area contributed by atoms with Crippen LogP contribution >= 0.6 is 11.8 Å². The molecule has 0 radical (unpaired) electrons. The van der Waals surface area contributed by atoms with Crippen LogP contribution in [0.15, 0.2) is 52.4 Å². The Morgan fingerprint density at radius 1 is 1.23 bits per heavy atom. The zero-order chi connectivity index (χ0) is 18.8. The van der Waals surface area contributed by atoms with Crippen molar-refractivity contribution in [3.8, 4) is 11.5 Å². The van der Waals surface area contributed by atoms with Crippen molar-refractivity contribution < 1.29 is 19.9 Å². The van der Waals surface area contributed by atoms with E-state index in [9.17, 15) is 25.1 Å². The Bertz CT molecular complexity index is 971. The summed E-state index contributed by atoms with van der Waals surface area (Å²) in [6.45, 7) is 0. The Balaban J connectivity index is 1.95.